The van der Waals surface area contributed by atoms with Crippen LogP contribution in [0.3, 0.4) is 0 Å². The number of rotatable bonds is 15. The topological polar surface area (TPSA) is 314 Å². The molecule has 0 aromatic carbocycles. The van der Waals surface area contributed by atoms with Crippen molar-refractivity contribution in [3.63, 3.8) is 0 Å². The summed E-state index contributed by atoms with van der Waals surface area (Å²) in [7, 11) is -0.368. The molecule has 11 aromatic heterocycles. The highest BCUT2D eigenvalue weighted by Gasteiger charge is 2.52. The van der Waals surface area contributed by atoms with Crippen LogP contribution in [0.4, 0.5) is 0 Å². The van der Waals surface area contributed by atoms with Crippen molar-refractivity contribution in [3.8, 4) is 22.5 Å². The second-order valence-corrected chi connectivity index (χ2v) is 26.9. The Morgan fingerprint density at radius 2 is 0.979 bits per heavy atom. The van der Waals surface area contributed by atoms with Gasteiger partial charge in [0.05, 0.1) is 62.0 Å². The van der Waals surface area contributed by atoms with E-state index >= 15 is 0 Å². The third-order valence-corrected chi connectivity index (χ3v) is 15.7. The molecule has 0 radical (unpaired) electrons. The minimum Gasteiger partial charge on any atom is -0.443 e. The summed E-state index contributed by atoms with van der Waals surface area (Å²) in [6.45, 7) is 34.0. The molecule has 1 aliphatic heterocycles. The molecule has 11 aromatic rings. The van der Waals surface area contributed by atoms with Crippen molar-refractivity contribution in [2.24, 2.45) is 16.2 Å². The zero-order valence-electron chi connectivity index (χ0n) is 57.2. The van der Waals surface area contributed by atoms with Crippen molar-refractivity contribution in [2.45, 2.75) is 162 Å². The van der Waals surface area contributed by atoms with Crippen molar-refractivity contribution in [3.05, 3.63) is 122 Å². The fraction of sp³-hybridized carbons (Fsp3) is 0.446. The Balaban J connectivity index is 0.000000157. The molecule has 1 fully saturated rings. The summed E-state index contributed by atoms with van der Waals surface area (Å²) in [6, 6.07) is 7.46. The van der Waals surface area contributed by atoms with E-state index in [2.05, 4.69) is 65.3 Å². The Labute approximate surface area is 566 Å². The molecule has 2 unspecified atom stereocenters. The lowest BCUT2D eigenvalue weighted by molar-refractivity contribution is -0.157. The average molecular weight is 1360 g/mol. The molecule has 0 bridgehead atoms. The van der Waals surface area contributed by atoms with Gasteiger partial charge in [0.2, 0.25) is 0 Å². The van der Waals surface area contributed by atoms with E-state index in [-0.39, 0.29) is 68.9 Å². The van der Waals surface area contributed by atoms with Crippen LogP contribution in [0.15, 0.2) is 112 Å². The first kappa shape index (κ1) is 72.8. The van der Waals surface area contributed by atoms with E-state index in [1.165, 1.54) is 25.3 Å². The first-order chi connectivity index (χ1) is 45.3. The molecular formula is C65H83BCl2N18O10. The third kappa shape index (κ3) is 17.9. The van der Waals surface area contributed by atoms with Gasteiger partial charge < -0.3 is 38.0 Å². The molecule has 12 rings (SSSR count). The number of hydrogen-bond donors (Lipinski definition) is 2. The standard InChI is InChI=1S/C19H25N5O3.C15H17N5O2.C13H23BN2O3.C12H14ClN3O2.C6H4ClN3/c1-6-26-13(2)24-10-14(9-22-24)16-15-7-8-23(17(15)21-11-20-16)12-27-18(25)19(3,4)5;1-15(2,3)14(21)22-9-20-5-4-11-12(10-6-18-19-7-10)16-8-17-13(11)20;1-7-17-10(2)16-9-11(8-15-16)14-18-12(3,4)13(5,6)19-14;1-12(2,3)11(17)18-7-16-5-4-8-9(13)14-6-15-10(8)16;7-5-4-1-2-8-6(4)10-3-9-5/h7-11,13H,6,12H2,1-5H3;4-8H,9H2,1-3H3,(H,18,19);8-10H,7H2,1-6H3;4-6H,7H2,1-3H3;1-3H,(H,8,9,10). The highest BCUT2D eigenvalue weighted by molar-refractivity contribution is 6.62. The van der Waals surface area contributed by atoms with Crippen LogP contribution < -0.4 is 5.46 Å². The molecule has 2 N–H and O–H groups in total. The van der Waals surface area contributed by atoms with Gasteiger partial charge in [0.15, 0.2) is 20.2 Å². The highest BCUT2D eigenvalue weighted by atomic mass is 35.5. The molecule has 0 saturated carbocycles. The first-order valence-electron chi connectivity index (χ1n) is 31.0. The smallest absolute Gasteiger partial charge is 0.443 e. The molecule has 96 heavy (non-hydrogen) atoms. The molecule has 0 amide bonds. The second-order valence-electron chi connectivity index (χ2n) is 26.2. The Bertz CT molecular complexity index is 4370. The molecule has 1 saturated heterocycles. The quantitative estimate of drug-likeness (QED) is 0.0417. The van der Waals surface area contributed by atoms with E-state index in [4.69, 9.17) is 56.2 Å². The summed E-state index contributed by atoms with van der Waals surface area (Å²) in [6.07, 6.45) is 23.6. The van der Waals surface area contributed by atoms with Gasteiger partial charge in [0.1, 0.15) is 70.7 Å². The molecule has 28 nitrogen and oxygen atoms in total. The van der Waals surface area contributed by atoms with E-state index in [0.29, 0.717) is 40.5 Å². The molecule has 0 spiro atoms. The van der Waals surface area contributed by atoms with Crippen LogP contribution in [-0.2, 0) is 67.6 Å². The van der Waals surface area contributed by atoms with E-state index in [0.717, 1.165) is 55.2 Å². The summed E-state index contributed by atoms with van der Waals surface area (Å²) >= 11 is 11.7. The Morgan fingerprint density at radius 1 is 0.552 bits per heavy atom. The largest absolute Gasteiger partial charge is 0.498 e. The number of fused-ring (bicyclic) bond motifs is 4. The number of carbonyl (C=O) groups excluding carboxylic acids is 3. The van der Waals surface area contributed by atoms with Crippen LogP contribution in [-0.4, -0.2) is 138 Å². The molecule has 510 valence electrons. The molecule has 12 heterocycles. The van der Waals surface area contributed by atoms with Gasteiger partial charge in [0.25, 0.3) is 0 Å². The minimum atomic E-state index is -0.547. The van der Waals surface area contributed by atoms with Gasteiger partial charge in [-0.1, -0.05) is 23.2 Å². The number of H-pyrrole nitrogens is 2. The second kappa shape index (κ2) is 30.8. The van der Waals surface area contributed by atoms with Gasteiger partial charge in [-0.05, 0) is 142 Å². The van der Waals surface area contributed by atoms with E-state index < -0.39 is 16.2 Å². The van der Waals surface area contributed by atoms with Crippen LogP contribution >= 0.6 is 23.2 Å². The normalized spacial score (nSPS) is 14.2. The molecule has 31 heteroatoms. The number of carbonyl (C=O) groups is 3. The fourth-order valence-corrected chi connectivity index (χ4v) is 9.34. The zero-order chi connectivity index (χ0) is 69.9. The van der Waals surface area contributed by atoms with Gasteiger partial charge in [-0.25, -0.2) is 49.2 Å². The lowest BCUT2D eigenvalue weighted by Gasteiger charge is -2.32. The van der Waals surface area contributed by atoms with Gasteiger partial charge in [-0.15, -0.1) is 0 Å². The third-order valence-electron chi connectivity index (χ3n) is 15.1. The van der Waals surface area contributed by atoms with E-state index in [9.17, 15) is 14.4 Å². The zero-order valence-corrected chi connectivity index (χ0v) is 58.7. The van der Waals surface area contributed by atoms with Gasteiger partial charge in [0, 0.05) is 90.2 Å². The summed E-state index contributed by atoms with van der Waals surface area (Å²) < 4.78 is 47.8. The van der Waals surface area contributed by atoms with Crippen molar-refractivity contribution < 1.29 is 47.4 Å². The number of esters is 3. The highest BCUT2D eigenvalue weighted by Crippen LogP contribution is 2.37. The summed E-state index contributed by atoms with van der Waals surface area (Å²) in [4.78, 5) is 71.6. The maximum absolute atomic E-state index is 12.0. The number of hydrogen-bond acceptors (Lipinski definition) is 21. The molecule has 2 atom stereocenters. The van der Waals surface area contributed by atoms with Gasteiger partial charge in [-0.2, -0.15) is 15.3 Å². The average Bonchev–Trinajstić information content (AvgIpc) is 1.62. The van der Waals surface area contributed by atoms with Crippen molar-refractivity contribution in [1.82, 2.24) is 88.3 Å². The predicted octanol–water partition coefficient (Wildman–Crippen LogP) is 11.7. The van der Waals surface area contributed by atoms with Crippen LogP contribution in [0.1, 0.15) is 130 Å². The summed E-state index contributed by atoms with van der Waals surface area (Å²) in [5.41, 5.74) is 4.84. The number of nitrogens with zero attached hydrogens (tertiary/aromatic N) is 16. The lowest BCUT2D eigenvalue weighted by Crippen LogP contribution is -2.41. The van der Waals surface area contributed by atoms with Gasteiger partial charge >= 0.3 is 25.0 Å². The molecule has 1 aliphatic rings. The number of ether oxygens (including phenoxy) is 5. The number of aromatic amines is 2. The fourth-order valence-electron chi connectivity index (χ4n) is 8.95. The van der Waals surface area contributed by atoms with E-state index in [1.807, 2.05) is 161 Å². The number of halogens is 2. The maximum atomic E-state index is 12.0. The number of nitrogens with one attached hydrogen (secondary N) is 2. The minimum absolute atomic E-state index is 0.0822. The van der Waals surface area contributed by atoms with Crippen molar-refractivity contribution in [2.75, 3.05) is 13.2 Å². The van der Waals surface area contributed by atoms with Gasteiger partial charge in [-0.3, -0.25) is 33.2 Å². The summed E-state index contributed by atoms with van der Waals surface area (Å²) in [5, 5.41) is 19.6. The maximum Gasteiger partial charge on any atom is 0.498 e. The Kier molecular flexibility index (Phi) is 23.4. The molecular weight excluding hydrogens is 1270 g/mol. The van der Waals surface area contributed by atoms with Crippen LogP contribution in [0, 0.1) is 16.2 Å². The SMILES string of the molecule is CC(C)(C)C(=O)OCn1ccc2c(-c3cn[nH]c3)ncnc21.CC(C)(C)C(=O)OCn1ccc2c(Cl)ncnc21.CCOC(C)n1cc(-c2ncnc3c2ccn3COC(=O)C(C)(C)C)cn1.CCOC(C)n1cc(B2OC(C)(C)C(C)(C)O2)cn1.Clc1ncnc2[nH]ccc12. The predicted molar refractivity (Wildman–Crippen MR) is 363 cm³/mol. The Hall–Kier alpha value is -9.00. The lowest BCUT2D eigenvalue weighted by atomic mass is 9.82. The van der Waals surface area contributed by atoms with E-state index in [1.54, 1.807) is 66.3 Å². The van der Waals surface area contributed by atoms with Crippen molar-refractivity contribution >= 4 is 97.8 Å². The Morgan fingerprint density at radius 3 is 1.44 bits per heavy atom. The molecule has 0 aliphatic carbocycles. The van der Waals surface area contributed by atoms with Crippen LogP contribution in [0.5, 0.6) is 0 Å². The van der Waals surface area contributed by atoms with Crippen LogP contribution in [0.2, 0.25) is 10.3 Å². The summed E-state index contributed by atoms with van der Waals surface area (Å²) in [5.74, 6) is -0.771. The van der Waals surface area contributed by atoms with Crippen molar-refractivity contribution in [1.29, 1.82) is 0 Å². The monoisotopic (exact) mass is 1360 g/mol. The van der Waals surface area contributed by atoms with Crippen LogP contribution in [0.25, 0.3) is 66.6 Å². The number of aromatic nitrogens is 18. The first-order valence-corrected chi connectivity index (χ1v) is 31.7.